The fourth-order valence-corrected chi connectivity index (χ4v) is 3.33. The first-order chi connectivity index (χ1) is 8.81. The summed E-state index contributed by atoms with van der Waals surface area (Å²) in [6.07, 6.45) is 4.95. The predicted molar refractivity (Wildman–Crippen MR) is 72.0 cm³/mol. The molecule has 0 radical (unpaired) electrons. The van der Waals surface area contributed by atoms with Gasteiger partial charge < -0.3 is 10.0 Å². The average molecular weight is 264 g/mol. The Balaban J connectivity index is 2.09. The van der Waals surface area contributed by atoms with Crippen LogP contribution in [0.1, 0.15) is 25.0 Å². The van der Waals surface area contributed by atoms with Gasteiger partial charge in [-0.3, -0.25) is 0 Å². The number of aryl methyl sites for hydroxylation is 1. The highest BCUT2D eigenvalue weighted by atomic mass is 32.1. The minimum atomic E-state index is 0.177. The van der Waals surface area contributed by atoms with Crippen molar-refractivity contribution in [3.05, 3.63) is 12.0 Å². The molecule has 1 fully saturated rings. The van der Waals surface area contributed by atoms with Gasteiger partial charge >= 0.3 is 0 Å². The molecule has 1 atom stereocenters. The van der Waals surface area contributed by atoms with Crippen molar-refractivity contribution in [3.63, 3.8) is 0 Å². The Labute approximate surface area is 110 Å². The minimum Gasteiger partial charge on any atom is -0.394 e. The van der Waals surface area contributed by atoms with Gasteiger partial charge in [0.2, 0.25) is 0 Å². The van der Waals surface area contributed by atoms with E-state index in [1.54, 1.807) is 6.33 Å². The Morgan fingerprint density at radius 2 is 2.33 bits per heavy atom. The molecule has 1 N–H and O–H groups in total. The van der Waals surface area contributed by atoms with Crippen LogP contribution in [0.3, 0.4) is 0 Å². The van der Waals surface area contributed by atoms with Gasteiger partial charge in [-0.2, -0.15) is 4.37 Å². The molecule has 0 aliphatic carbocycles. The van der Waals surface area contributed by atoms with Crippen LogP contribution < -0.4 is 4.90 Å². The van der Waals surface area contributed by atoms with Crippen LogP contribution in [-0.4, -0.2) is 38.6 Å². The van der Waals surface area contributed by atoms with E-state index in [0.29, 0.717) is 0 Å². The number of rotatable bonds is 2. The lowest BCUT2D eigenvalue weighted by atomic mass is 10.0. The van der Waals surface area contributed by atoms with Crippen molar-refractivity contribution in [2.75, 3.05) is 18.1 Å². The Bertz CT molecular complexity index is 556. The zero-order chi connectivity index (χ0) is 12.5. The van der Waals surface area contributed by atoms with E-state index >= 15 is 0 Å². The van der Waals surface area contributed by atoms with Gasteiger partial charge in [0.25, 0.3) is 0 Å². The largest absolute Gasteiger partial charge is 0.394 e. The second-order valence-corrected chi connectivity index (χ2v) is 5.42. The first-order valence-corrected chi connectivity index (χ1v) is 7.03. The summed E-state index contributed by atoms with van der Waals surface area (Å²) < 4.78 is 4.35. The Kier molecular flexibility index (Phi) is 3.13. The summed E-state index contributed by atoms with van der Waals surface area (Å²) in [7, 11) is 0. The first-order valence-electron chi connectivity index (χ1n) is 6.25. The van der Waals surface area contributed by atoms with E-state index in [2.05, 4.69) is 19.2 Å². The summed E-state index contributed by atoms with van der Waals surface area (Å²) in [6.45, 7) is 3.12. The summed E-state index contributed by atoms with van der Waals surface area (Å²) in [5, 5.41) is 10.6. The Hall–Kier alpha value is -1.27. The standard InChI is InChI=1S/C12H16N4OS/c1-8-10-11(13-7-14-12(10)18-15-8)16-5-3-2-4-9(16)6-17/h7,9,17H,2-6H2,1H3. The number of anilines is 1. The zero-order valence-electron chi connectivity index (χ0n) is 10.3. The summed E-state index contributed by atoms with van der Waals surface area (Å²) in [5.41, 5.74) is 0.980. The zero-order valence-corrected chi connectivity index (χ0v) is 11.2. The molecule has 5 nitrogen and oxygen atoms in total. The van der Waals surface area contributed by atoms with Crippen molar-refractivity contribution in [1.29, 1.82) is 0 Å². The molecule has 0 bridgehead atoms. The molecule has 1 aliphatic heterocycles. The van der Waals surface area contributed by atoms with Crippen LogP contribution in [0.5, 0.6) is 0 Å². The number of fused-ring (bicyclic) bond motifs is 1. The summed E-state index contributed by atoms with van der Waals surface area (Å²) in [4.78, 5) is 11.8. The Morgan fingerprint density at radius 1 is 1.44 bits per heavy atom. The lowest BCUT2D eigenvalue weighted by molar-refractivity contribution is 0.239. The van der Waals surface area contributed by atoms with Crippen LogP contribution in [0.15, 0.2) is 6.33 Å². The molecule has 2 aromatic heterocycles. The van der Waals surface area contributed by atoms with Gasteiger partial charge in [0.05, 0.1) is 23.7 Å². The fourth-order valence-electron chi connectivity index (χ4n) is 2.59. The maximum atomic E-state index is 9.52. The maximum Gasteiger partial charge on any atom is 0.149 e. The third-order valence-electron chi connectivity index (χ3n) is 3.53. The van der Waals surface area contributed by atoms with Crippen LogP contribution in [0.2, 0.25) is 0 Å². The quantitative estimate of drug-likeness (QED) is 0.895. The number of piperidine rings is 1. The van der Waals surface area contributed by atoms with Crippen molar-refractivity contribution < 1.29 is 5.11 Å². The minimum absolute atomic E-state index is 0.177. The van der Waals surface area contributed by atoms with Gasteiger partial charge in [-0.25, -0.2) is 9.97 Å². The third-order valence-corrected chi connectivity index (χ3v) is 4.38. The molecule has 0 amide bonds. The summed E-state index contributed by atoms with van der Waals surface area (Å²) in [6, 6.07) is 0.177. The van der Waals surface area contributed by atoms with Gasteiger partial charge in [-0.1, -0.05) is 0 Å². The number of aromatic nitrogens is 3. The molecule has 0 spiro atoms. The van der Waals surface area contributed by atoms with E-state index in [-0.39, 0.29) is 12.6 Å². The normalized spacial score (nSPS) is 20.6. The monoisotopic (exact) mass is 264 g/mol. The number of aliphatic hydroxyl groups excluding tert-OH is 1. The molecule has 3 rings (SSSR count). The first kappa shape index (κ1) is 11.8. The smallest absolute Gasteiger partial charge is 0.149 e. The van der Waals surface area contributed by atoms with Crippen molar-refractivity contribution in [2.24, 2.45) is 0 Å². The Morgan fingerprint density at radius 3 is 3.17 bits per heavy atom. The molecule has 2 aromatic rings. The number of hydrogen-bond donors (Lipinski definition) is 1. The molecule has 1 unspecified atom stereocenters. The fraction of sp³-hybridized carbons (Fsp3) is 0.583. The van der Waals surface area contributed by atoms with E-state index in [1.165, 1.54) is 18.0 Å². The second kappa shape index (κ2) is 4.78. The highest BCUT2D eigenvalue weighted by Crippen LogP contribution is 2.32. The van der Waals surface area contributed by atoms with Crippen LogP contribution in [0.4, 0.5) is 5.82 Å². The van der Waals surface area contributed by atoms with Crippen molar-refractivity contribution in [1.82, 2.24) is 14.3 Å². The molecule has 3 heterocycles. The SMILES string of the molecule is Cc1nsc2ncnc(N3CCCCC3CO)c12. The lowest BCUT2D eigenvalue weighted by Crippen LogP contribution is -2.42. The van der Waals surface area contributed by atoms with Crippen LogP contribution in [0, 0.1) is 6.92 Å². The van der Waals surface area contributed by atoms with Crippen molar-refractivity contribution >= 4 is 27.6 Å². The third kappa shape index (κ3) is 1.85. The van der Waals surface area contributed by atoms with Crippen molar-refractivity contribution in [2.45, 2.75) is 32.2 Å². The lowest BCUT2D eigenvalue weighted by Gasteiger charge is -2.35. The summed E-state index contributed by atoms with van der Waals surface area (Å²) >= 11 is 1.41. The maximum absolute atomic E-state index is 9.52. The molecule has 96 valence electrons. The van der Waals surface area contributed by atoms with Gasteiger partial charge in [-0.15, -0.1) is 0 Å². The van der Waals surface area contributed by atoms with Gasteiger partial charge in [0.15, 0.2) is 0 Å². The molecule has 6 heteroatoms. The second-order valence-electron chi connectivity index (χ2n) is 4.67. The number of aliphatic hydroxyl groups is 1. The molecule has 18 heavy (non-hydrogen) atoms. The van der Waals surface area contributed by atoms with Crippen molar-refractivity contribution in [3.8, 4) is 0 Å². The van der Waals surface area contributed by atoms with Gasteiger partial charge in [-0.05, 0) is 37.7 Å². The van der Waals surface area contributed by atoms with E-state index < -0.39 is 0 Å². The highest BCUT2D eigenvalue weighted by molar-refractivity contribution is 7.13. The molecular formula is C12H16N4OS. The average Bonchev–Trinajstić information content (AvgIpc) is 2.81. The van der Waals surface area contributed by atoms with E-state index in [1.807, 2.05) is 6.92 Å². The van der Waals surface area contributed by atoms with E-state index in [4.69, 9.17) is 0 Å². The summed E-state index contributed by atoms with van der Waals surface area (Å²) in [5.74, 6) is 0.935. The van der Waals surface area contributed by atoms with Gasteiger partial charge in [0, 0.05) is 6.54 Å². The highest BCUT2D eigenvalue weighted by Gasteiger charge is 2.25. The van der Waals surface area contributed by atoms with Crippen LogP contribution in [0.25, 0.3) is 10.2 Å². The molecule has 0 saturated carbocycles. The number of hydrogen-bond acceptors (Lipinski definition) is 6. The molecular weight excluding hydrogens is 248 g/mol. The number of nitrogens with zero attached hydrogens (tertiary/aromatic N) is 4. The van der Waals surface area contributed by atoms with Crippen LogP contribution in [-0.2, 0) is 0 Å². The van der Waals surface area contributed by atoms with Gasteiger partial charge in [0.1, 0.15) is 17.0 Å². The molecule has 1 aliphatic rings. The van der Waals surface area contributed by atoms with E-state index in [0.717, 1.165) is 41.1 Å². The topological polar surface area (TPSA) is 62.1 Å². The van der Waals surface area contributed by atoms with Crippen LogP contribution >= 0.6 is 11.5 Å². The van der Waals surface area contributed by atoms with E-state index in [9.17, 15) is 5.11 Å². The molecule has 0 aromatic carbocycles. The molecule has 1 saturated heterocycles. The predicted octanol–water partition coefficient (Wildman–Crippen LogP) is 1.75.